The number of carbonyl (C=O) groups excluding carboxylic acids is 1. The number of para-hydroxylation sites is 1. The Hall–Kier alpha value is -2.00. The van der Waals surface area contributed by atoms with Gasteiger partial charge in [0.05, 0.1) is 0 Å². The molecule has 128 valence electrons. The molecular weight excluding hydrogens is 322 g/mol. The first-order valence-electron chi connectivity index (χ1n) is 8.01. The summed E-state index contributed by atoms with van der Waals surface area (Å²) in [7, 11) is 0. The van der Waals surface area contributed by atoms with Crippen LogP contribution in [0.4, 0.5) is 5.69 Å². The van der Waals surface area contributed by atoms with Crippen LogP contribution < -0.4 is 10.1 Å². The third kappa shape index (κ3) is 4.51. The third-order valence-corrected chi connectivity index (χ3v) is 4.21. The van der Waals surface area contributed by atoms with Crippen molar-refractivity contribution < 1.29 is 9.53 Å². The van der Waals surface area contributed by atoms with Crippen molar-refractivity contribution in [2.24, 2.45) is 0 Å². The van der Waals surface area contributed by atoms with Crippen LogP contribution in [0.1, 0.15) is 38.8 Å². The fraction of sp³-hybridized carbons (Fsp3) is 0.350. The summed E-state index contributed by atoms with van der Waals surface area (Å²) in [5.41, 5.74) is 2.65. The summed E-state index contributed by atoms with van der Waals surface area (Å²) in [5.74, 6) is 0.522. The van der Waals surface area contributed by atoms with Gasteiger partial charge in [-0.25, -0.2) is 0 Å². The zero-order valence-electron chi connectivity index (χ0n) is 14.8. The van der Waals surface area contributed by atoms with Crippen molar-refractivity contribution >= 4 is 23.2 Å². The summed E-state index contributed by atoms with van der Waals surface area (Å²) in [4.78, 5) is 12.4. The van der Waals surface area contributed by atoms with Crippen LogP contribution in [-0.4, -0.2) is 12.0 Å². The molecule has 4 heteroatoms. The lowest BCUT2D eigenvalue weighted by Crippen LogP contribution is -2.31. The van der Waals surface area contributed by atoms with Gasteiger partial charge in [-0.2, -0.15) is 0 Å². The molecule has 2 rings (SSSR count). The fourth-order valence-electron chi connectivity index (χ4n) is 2.35. The summed E-state index contributed by atoms with van der Waals surface area (Å²) in [6, 6.07) is 13.3. The van der Waals surface area contributed by atoms with Gasteiger partial charge in [0, 0.05) is 10.7 Å². The number of ether oxygens (including phenoxy) is 1. The molecule has 0 aromatic heterocycles. The Morgan fingerprint density at radius 3 is 2.46 bits per heavy atom. The minimum absolute atomic E-state index is 0.0583. The topological polar surface area (TPSA) is 38.3 Å². The number of amides is 1. The molecule has 1 unspecified atom stereocenters. The van der Waals surface area contributed by atoms with Crippen LogP contribution in [0.15, 0.2) is 42.5 Å². The molecule has 3 nitrogen and oxygen atoms in total. The number of benzene rings is 2. The fourth-order valence-corrected chi connectivity index (χ4v) is 2.53. The highest BCUT2D eigenvalue weighted by atomic mass is 35.5. The first-order valence-corrected chi connectivity index (χ1v) is 8.39. The van der Waals surface area contributed by atoms with E-state index >= 15 is 0 Å². The summed E-state index contributed by atoms with van der Waals surface area (Å²) in [6.07, 6.45) is -0.617. The van der Waals surface area contributed by atoms with E-state index in [4.69, 9.17) is 16.3 Å². The van der Waals surface area contributed by atoms with Crippen molar-refractivity contribution in [1.82, 2.24) is 0 Å². The lowest BCUT2D eigenvalue weighted by atomic mass is 9.86. The van der Waals surface area contributed by atoms with Crippen molar-refractivity contribution in [1.29, 1.82) is 0 Å². The van der Waals surface area contributed by atoms with E-state index in [1.54, 1.807) is 13.0 Å². The Kier molecular flexibility index (Phi) is 5.55. The van der Waals surface area contributed by atoms with Crippen LogP contribution in [0.25, 0.3) is 0 Å². The zero-order chi connectivity index (χ0) is 17.9. The monoisotopic (exact) mass is 345 g/mol. The molecule has 2 aromatic rings. The molecule has 0 saturated carbocycles. The summed E-state index contributed by atoms with van der Waals surface area (Å²) in [5, 5.41) is 3.46. The first kappa shape index (κ1) is 18.3. The smallest absolute Gasteiger partial charge is 0.265 e. The minimum atomic E-state index is -0.617. The molecular formula is C20H24ClNO2. The van der Waals surface area contributed by atoms with Crippen LogP contribution in [0, 0.1) is 6.92 Å². The van der Waals surface area contributed by atoms with Crippen molar-refractivity contribution in [3.05, 3.63) is 58.6 Å². The number of carbonyl (C=O) groups is 1. The quantitative estimate of drug-likeness (QED) is 0.810. The zero-order valence-corrected chi connectivity index (χ0v) is 15.6. The molecule has 1 amide bonds. The van der Waals surface area contributed by atoms with Gasteiger partial charge >= 0.3 is 0 Å². The van der Waals surface area contributed by atoms with Crippen LogP contribution in [0.3, 0.4) is 0 Å². The molecule has 0 bridgehead atoms. The molecule has 0 aliphatic heterocycles. The first-order chi connectivity index (χ1) is 11.2. The van der Waals surface area contributed by atoms with Gasteiger partial charge in [-0.1, -0.05) is 56.6 Å². The maximum atomic E-state index is 12.4. The maximum absolute atomic E-state index is 12.4. The SMILES string of the molecule is Cc1ccc(NC(=O)C(C)Oc2ccccc2C(C)(C)C)cc1Cl. The summed E-state index contributed by atoms with van der Waals surface area (Å²) in [6.45, 7) is 10.0. The number of hydrogen-bond donors (Lipinski definition) is 1. The average molecular weight is 346 g/mol. The van der Waals surface area contributed by atoms with Crippen LogP contribution in [0.2, 0.25) is 5.02 Å². The highest BCUT2D eigenvalue weighted by Gasteiger charge is 2.22. The van der Waals surface area contributed by atoms with E-state index in [-0.39, 0.29) is 11.3 Å². The molecule has 0 heterocycles. The van der Waals surface area contributed by atoms with Crippen LogP contribution in [-0.2, 0) is 10.2 Å². The van der Waals surface area contributed by atoms with Gasteiger partial charge in [0.15, 0.2) is 6.10 Å². The lowest BCUT2D eigenvalue weighted by molar-refractivity contribution is -0.122. The average Bonchev–Trinajstić information content (AvgIpc) is 2.50. The maximum Gasteiger partial charge on any atom is 0.265 e. The number of aryl methyl sites for hydroxylation is 1. The molecule has 2 aromatic carbocycles. The van der Waals surface area contributed by atoms with Crippen molar-refractivity contribution in [2.45, 2.75) is 46.1 Å². The van der Waals surface area contributed by atoms with Gasteiger partial charge in [0.2, 0.25) is 0 Å². The number of rotatable bonds is 4. The van der Waals surface area contributed by atoms with Crippen molar-refractivity contribution in [3.63, 3.8) is 0 Å². The van der Waals surface area contributed by atoms with Gasteiger partial charge < -0.3 is 10.1 Å². The summed E-state index contributed by atoms with van der Waals surface area (Å²) < 4.78 is 5.91. The Bertz CT molecular complexity index is 735. The van der Waals surface area contributed by atoms with E-state index in [9.17, 15) is 4.79 Å². The van der Waals surface area contributed by atoms with Gasteiger partial charge in [0.1, 0.15) is 5.75 Å². The standard InChI is InChI=1S/C20H24ClNO2/c1-13-10-11-15(12-17(13)21)22-19(23)14(2)24-18-9-7-6-8-16(18)20(3,4)5/h6-12,14H,1-5H3,(H,22,23). The van der Waals surface area contributed by atoms with E-state index in [0.29, 0.717) is 10.7 Å². The van der Waals surface area contributed by atoms with Crippen LogP contribution in [0.5, 0.6) is 5.75 Å². The molecule has 24 heavy (non-hydrogen) atoms. The van der Waals surface area contributed by atoms with E-state index in [1.165, 1.54) is 0 Å². The second-order valence-electron chi connectivity index (χ2n) is 6.96. The second kappa shape index (κ2) is 7.27. The third-order valence-electron chi connectivity index (χ3n) is 3.81. The Morgan fingerprint density at radius 1 is 1.17 bits per heavy atom. The highest BCUT2D eigenvalue weighted by Crippen LogP contribution is 2.31. The number of hydrogen-bond acceptors (Lipinski definition) is 2. The van der Waals surface area contributed by atoms with Crippen molar-refractivity contribution in [2.75, 3.05) is 5.32 Å². The number of halogens is 1. The normalized spacial score (nSPS) is 12.6. The van der Waals surface area contributed by atoms with E-state index in [1.807, 2.05) is 43.3 Å². The molecule has 1 atom stereocenters. The predicted octanol–water partition coefficient (Wildman–Crippen LogP) is 5.35. The molecule has 0 saturated heterocycles. The minimum Gasteiger partial charge on any atom is -0.481 e. The summed E-state index contributed by atoms with van der Waals surface area (Å²) >= 11 is 6.10. The molecule has 0 aliphatic rings. The Balaban J connectivity index is 2.11. The molecule has 0 spiro atoms. The van der Waals surface area contributed by atoms with Gasteiger partial charge in [-0.05, 0) is 48.6 Å². The molecule has 0 radical (unpaired) electrons. The predicted molar refractivity (Wildman–Crippen MR) is 100 cm³/mol. The molecule has 0 fully saturated rings. The van der Waals surface area contributed by atoms with Gasteiger partial charge in [-0.15, -0.1) is 0 Å². The Labute approximate surface area is 149 Å². The van der Waals surface area contributed by atoms with Gasteiger partial charge in [0.25, 0.3) is 5.91 Å². The molecule has 0 aliphatic carbocycles. The van der Waals surface area contributed by atoms with Gasteiger partial charge in [-0.3, -0.25) is 4.79 Å². The highest BCUT2D eigenvalue weighted by molar-refractivity contribution is 6.31. The Morgan fingerprint density at radius 2 is 1.83 bits per heavy atom. The molecule has 1 N–H and O–H groups in total. The van der Waals surface area contributed by atoms with E-state index in [2.05, 4.69) is 26.1 Å². The van der Waals surface area contributed by atoms with E-state index in [0.717, 1.165) is 16.9 Å². The van der Waals surface area contributed by atoms with Crippen LogP contribution >= 0.6 is 11.6 Å². The van der Waals surface area contributed by atoms with Crippen molar-refractivity contribution in [3.8, 4) is 5.75 Å². The lowest BCUT2D eigenvalue weighted by Gasteiger charge is -2.24. The van der Waals surface area contributed by atoms with E-state index < -0.39 is 6.10 Å². The number of anilines is 1. The largest absolute Gasteiger partial charge is 0.481 e. The number of nitrogens with one attached hydrogen (secondary N) is 1. The second-order valence-corrected chi connectivity index (χ2v) is 7.37.